The van der Waals surface area contributed by atoms with Crippen molar-refractivity contribution in [2.24, 2.45) is 0 Å². The highest BCUT2D eigenvalue weighted by Crippen LogP contribution is 2.23. The molecule has 2 aromatic carbocycles. The Bertz CT molecular complexity index is 916. The molecule has 0 aliphatic heterocycles. The lowest BCUT2D eigenvalue weighted by Gasteiger charge is -2.15. The van der Waals surface area contributed by atoms with Crippen LogP contribution >= 0.6 is 0 Å². The average molecular weight is 377 g/mol. The normalized spacial score (nSPS) is 11.4. The lowest BCUT2D eigenvalue weighted by Crippen LogP contribution is -2.37. The maximum atomic E-state index is 12.3. The van der Waals surface area contributed by atoms with Crippen molar-refractivity contribution in [3.63, 3.8) is 0 Å². The van der Waals surface area contributed by atoms with Gasteiger partial charge in [0.25, 0.3) is 0 Å². The van der Waals surface area contributed by atoms with E-state index >= 15 is 0 Å². The number of pyridine rings is 1. The Hall–Kier alpha value is -3.54. The molecule has 1 atom stereocenters. The lowest BCUT2D eigenvalue weighted by atomic mass is 10.1. The van der Waals surface area contributed by atoms with Crippen LogP contribution in [0.25, 0.3) is 0 Å². The highest BCUT2D eigenvalue weighted by molar-refractivity contribution is 5.89. The Balaban J connectivity index is 1.54. The number of methoxy groups -OCH3 is 1. The van der Waals surface area contributed by atoms with Crippen LogP contribution in [-0.4, -0.2) is 24.2 Å². The minimum atomic E-state index is -0.267. The van der Waals surface area contributed by atoms with Crippen molar-refractivity contribution in [3.8, 4) is 17.2 Å². The van der Waals surface area contributed by atoms with Crippen molar-refractivity contribution in [1.29, 1.82) is 0 Å². The van der Waals surface area contributed by atoms with Gasteiger partial charge in [-0.2, -0.15) is 0 Å². The molecule has 0 bridgehead atoms. The number of ether oxygens (including phenoxy) is 2. The topological polar surface area (TPSA) is 72.5 Å². The van der Waals surface area contributed by atoms with Crippen molar-refractivity contribution in [2.45, 2.75) is 19.4 Å². The number of carbonyl (C=O) groups is 1. The average Bonchev–Trinajstić information content (AvgIpc) is 2.69. The van der Waals surface area contributed by atoms with Crippen LogP contribution in [0.15, 0.2) is 73.1 Å². The summed E-state index contributed by atoms with van der Waals surface area (Å²) in [4.78, 5) is 16.3. The number of carbonyl (C=O) groups excluding carboxylic acids is 1. The predicted octanol–water partition coefficient (Wildman–Crippen LogP) is 4.64. The Labute approximate surface area is 164 Å². The van der Waals surface area contributed by atoms with Gasteiger partial charge in [-0.25, -0.2) is 4.79 Å². The number of nitrogens with one attached hydrogen (secondary N) is 2. The molecule has 0 aliphatic carbocycles. The van der Waals surface area contributed by atoms with E-state index in [-0.39, 0.29) is 12.1 Å². The fourth-order valence-corrected chi connectivity index (χ4v) is 2.77. The van der Waals surface area contributed by atoms with Gasteiger partial charge in [-0.3, -0.25) is 4.98 Å². The summed E-state index contributed by atoms with van der Waals surface area (Å²) in [5, 5.41) is 5.78. The summed E-state index contributed by atoms with van der Waals surface area (Å²) in [7, 11) is 1.64. The van der Waals surface area contributed by atoms with Gasteiger partial charge in [0.05, 0.1) is 7.11 Å². The number of rotatable bonds is 7. The third-order valence-electron chi connectivity index (χ3n) is 4.03. The molecule has 28 heavy (non-hydrogen) atoms. The molecule has 1 aromatic heterocycles. The number of amides is 2. The fraction of sp³-hybridized carbons (Fsp3) is 0.182. The zero-order chi connectivity index (χ0) is 19.8. The van der Waals surface area contributed by atoms with Crippen molar-refractivity contribution in [1.82, 2.24) is 10.3 Å². The molecule has 0 spiro atoms. The molecule has 3 rings (SSSR count). The Morgan fingerprint density at radius 2 is 1.75 bits per heavy atom. The van der Waals surface area contributed by atoms with Crippen LogP contribution in [0, 0.1) is 0 Å². The summed E-state index contributed by atoms with van der Waals surface area (Å²) in [5.41, 5.74) is 1.75. The number of nitrogens with zero attached hydrogens (tertiary/aromatic N) is 1. The zero-order valence-electron chi connectivity index (χ0n) is 15.9. The van der Waals surface area contributed by atoms with Crippen molar-refractivity contribution in [2.75, 3.05) is 12.4 Å². The van der Waals surface area contributed by atoms with Gasteiger partial charge in [-0.1, -0.05) is 18.2 Å². The highest BCUT2D eigenvalue weighted by atomic mass is 16.5. The van der Waals surface area contributed by atoms with Gasteiger partial charge in [0, 0.05) is 30.2 Å². The number of benzene rings is 2. The van der Waals surface area contributed by atoms with E-state index in [2.05, 4.69) is 15.6 Å². The molecule has 2 amide bonds. The molecule has 0 fully saturated rings. The number of hydrogen-bond donors (Lipinski definition) is 2. The molecule has 0 radical (unpaired) electrons. The van der Waals surface area contributed by atoms with E-state index in [1.165, 1.54) is 0 Å². The van der Waals surface area contributed by atoms with Crippen LogP contribution < -0.4 is 20.1 Å². The fourth-order valence-electron chi connectivity index (χ4n) is 2.77. The second kappa shape index (κ2) is 9.41. The molecule has 0 saturated carbocycles. The molecular weight excluding hydrogens is 354 g/mol. The van der Waals surface area contributed by atoms with Gasteiger partial charge in [0.1, 0.15) is 17.2 Å². The third kappa shape index (κ3) is 5.74. The van der Waals surface area contributed by atoms with Gasteiger partial charge >= 0.3 is 6.03 Å². The van der Waals surface area contributed by atoms with Crippen LogP contribution in [0.3, 0.4) is 0 Å². The van der Waals surface area contributed by atoms with Crippen LogP contribution in [0.4, 0.5) is 10.5 Å². The van der Waals surface area contributed by atoms with Gasteiger partial charge in [0.2, 0.25) is 0 Å². The van der Waals surface area contributed by atoms with Gasteiger partial charge in [-0.15, -0.1) is 0 Å². The molecular formula is C22H23N3O3. The van der Waals surface area contributed by atoms with E-state index in [1.807, 2.05) is 49.4 Å². The zero-order valence-corrected chi connectivity index (χ0v) is 15.9. The predicted molar refractivity (Wildman–Crippen MR) is 109 cm³/mol. The largest absolute Gasteiger partial charge is 0.497 e. The van der Waals surface area contributed by atoms with Crippen molar-refractivity contribution in [3.05, 3.63) is 78.6 Å². The first-order chi connectivity index (χ1) is 13.6. The SMILES string of the molecule is COc1cccc(CC(C)NC(=O)Nc2cccc(Oc3ccncc3)c2)c1. The van der Waals surface area contributed by atoms with E-state index < -0.39 is 0 Å². The molecule has 3 aromatic rings. The van der Waals surface area contributed by atoms with Crippen LogP contribution in [0.2, 0.25) is 0 Å². The van der Waals surface area contributed by atoms with Gasteiger partial charge < -0.3 is 20.1 Å². The van der Waals surface area contributed by atoms with E-state index in [0.29, 0.717) is 23.6 Å². The van der Waals surface area contributed by atoms with Gasteiger partial charge in [-0.05, 0) is 55.3 Å². The van der Waals surface area contributed by atoms with E-state index in [9.17, 15) is 4.79 Å². The van der Waals surface area contributed by atoms with Crippen LogP contribution in [0.1, 0.15) is 12.5 Å². The first-order valence-corrected chi connectivity index (χ1v) is 9.01. The third-order valence-corrected chi connectivity index (χ3v) is 4.03. The smallest absolute Gasteiger partial charge is 0.319 e. The number of hydrogen-bond acceptors (Lipinski definition) is 4. The standard InChI is InChI=1S/C22H23N3O3/c1-16(13-17-5-3-7-20(14-17)27-2)24-22(26)25-18-6-4-8-21(15-18)28-19-9-11-23-12-10-19/h3-12,14-16H,13H2,1-2H3,(H2,24,25,26). The molecule has 0 aliphatic rings. The maximum Gasteiger partial charge on any atom is 0.319 e. The van der Waals surface area contributed by atoms with E-state index in [1.54, 1.807) is 37.7 Å². The van der Waals surface area contributed by atoms with Crippen LogP contribution in [0.5, 0.6) is 17.2 Å². The number of urea groups is 1. The van der Waals surface area contributed by atoms with Crippen molar-refractivity contribution >= 4 is 11.7 Å². The number of aromatic nitrogens is 1. The molecule has 6 heteroatoms. The molecule has 1 heterocycles. The second-order valence-electron chi connectivity index (χ2n) is 6.37. The Morgan fingerprint density at radius 1 is 1.00 bits per heavy atom. The molecule has 0 saturated heterocycles. The summed E-state index contributed by atoms with van der Waals surface area (Å²) in [6.45, 7) is 1.96. The minimum absolute atomic E-state index is 0.0386. The summed E-state index contributed by atoms with van der Waals surface area (Å²) >= 11 is 0. The Morgan fingerprint density at radius 3 is 2.54 bits per heavy atom. The van der Waals surface area contributed by atoms with Gasteiger partial charge in [0.15, 0.2) is 0 Å². The highest BCUT2D eigenvalue weighted by Gasteiger charge is 2.09. The second-order valence-corrected chi connectivity index (χ2v) is 6.37. The quantitative estimate of drug-likeness (QED) is 0.629. The summed E-state index contributed by atoms with van der Waals surface area (Å²) in [6.07, 6.45) is 4.03. The lowest BCUT2D eigenvalue weighted by molar-refractivity contribution is 0.249. The van der Waals surface area contributed by atoms with E-state index in [0.717, 1.165) is 11.3 Å². The van der Waals surface area contributed by atoms with Crippen molar-refractivity contribution < 1.29 is 14.3 Å². The number of anilines is 1. The molecule has 6 nitrogen and oxygen atoms in total. The molecule has 1 unspecified atom stereocenters. The minimum Gasteiger partial charge on any atom is -0.497 e. The summed E-state index contributed by atoms with van der Waals surface area (Å²) in [5.74, 6) is 2.12. The monoisotopic (exact) mass is 377 g/mol. The Kier molecular flexibility index (Phi) is 6.46. The molecule has 144 valence electrons. The summed E-state index contributed by atoms with van der Waals surface area (Å²) in [6, 6.07) is 18.3. The first-order valence-electron chi connectivity index (χ1n) is 9.01. The van der Waals surface area contributed by atoms with E-state index in [4.69, 9.17) is 9.47 Å². The maximum absolute atomic E-state index is 12.3. The van der Waals surface area contributed by atoms with Crippen LogP contribution in [-0.2, 0) is 6.42 Å². The summed E-state index contributed by atoms with van der Waals surface area (Å²) < 4.78 is 11.0. The first kappa shape index (κ1) is 19.2. The molecule has 2 N–H and O–H groups in total.